The molecule has 1 heterocycles. The molecule has 0 N–H and O–H groups in total. The number of aromatic nitrogens is 1. The highest BCUT2D eigenvalue weighted by Gasteiger charge is 2.04. The lowest BCUT2D eigenvalue weighted by atomic mass is 10.1. The van der Waals surface area contributed by atoms with Crippen molar-refractivity contribution in [1.29, 1.82) is 0 Å². The van der Waals surface area contributed by atoms with E-state index < -0.39 is 0 Å². The van der Waals surface area contributed by atoms with Gasteiger partial charge in [-0.2, -0.15) is 4.91 Å². The van der Waals surface area contributed by atoms with Crippen LogP contribution >= 0.6 is 0 Å². The predicted octanol–water partition coefficient (Wildman–Crippen LogP) is 2.45. The van der Waals surface area contributed by atoms with Crippen molar-refractivity contribution >= 4 is 5.78 Å². The fraction of sp³-hybridized carbons (Fsp3) is 0.400. The summed E-state index contributed by atoms with van der Waals surface area (Å²) in [4.78, 5) is 24.9. The lowest BCUT2D eigenvalue weighted by Crippen LogP contribution is -1.99. The van der Waals surface area contributed by atoms with Crippen LogP contribution in [0.15, 0.2) is 29.7 Å². The SMILES string of the molecule is C.O=NCCCC(=O)c1cccnc1. The molecule has 4 heteroatoms. The zero-order chi connectivity index (χ0) is 9.52. The molecule has 0 amide bonds. The Hall–Kier alpha value is -1.58. The number of hydrogen-bond donors (Lipinski definition) is 0. The summed E-state index contributed by atoms with van der Waals surface area (Å²) in [6.07, 6.45) is 4.01. The third kappa shape index (κ3) is 3.89. The van der Waals surface area contributed by atoms with Gasteiger partial charge in [-0.05, 0) is 18.6 Å². The maximum absolute atomic E-state index is 11.3. The molecule has 0 aliphatic heterocycles. The molecule has 0 bridgehead atoms. The largest absolute Gasteiger partial charge is 0.294 e. The maximum Gasteiger partial charge on any atom is 0.164 e. The minimum absolute atomic E-state index is 0. The molecule has 0 fully saturated rings. The Bertz CT molecular complexity index is 285. The molecule has 0 unspecified atom stereocenters. The molecule has 0 spiro atoms. The number of ketones is 1. The Morgan fingerprint density at radius 2 is 2.29 bits per heavy atom. The molecule has 0 aliphatic rings. The lowest BCUT2D eigenvalue weighted by Gasteiger charge is -1.96. The second-order valence-electron chi connectivity index (χ2n) is 2.62. The van der Waals surface area contributed by atoms with Gasteiger partial charge in [0.05, 0.1) is 6.54 Å². The van der Waals surface area contributed by atoms with Crippen LogP contribution in [0.4, 0.5) is 0 Å². The molecule has 0 atom stereocenters. The second kappa shape index (κ2) is 6.88. The Morgan fingerprint density at radius 3 is 2.86 bits per heavy atom. The van der Waals surface area contributed by atoms with Gasteiger partial charge < -0.3 is 0 Å². The van der Waals surface area contributed by atoms with E-state index in [0.29, 0.717) is 18.4 Å². The monoisotopic (exact) mass is 194 g/mol. The van der Waals surface area contributed by atoms with Gasteiger partial charge in [0.1, 0.15) is 0 Å². The standard InChI is InChI=1S/C9H10N2O2.CH4/c12-9(4-2-6-11-13)8-3-1-5-10-7-8;/h1,3,5,7H,2,4,6H2;1H4. The first-order chi connectivity index (χ1) is 6.34. The van der Waals surface area contributed by atoms with Crippen molar-refractivity contribution in [2.75, 3.05) is 6.54 Å². The van der Waals surface area contributed by atoms with E-state index in [1.165, 1.54) is 6.20 Å². The number of nitroso groups, excluding NO2 is 1. The van der Waals surface area contributed by atoms with Crippen LogP contribution in [-0.4, -0.2) is 17.3 Å². The first-order valence-electron chi connectivity index (χ1n) is 4.07. The van der Waals surface area contributed by atoms with Gasteiger partial charge in [-0.25, -0.2) is 0 Å². The number of carbonyl (C=O) groups is 1. The molecule has 14 heavy (non-hydrogen) atoms. The summed E-state index contributed by atoms with van der Waals surface area (Å²) in [6, 6.07) is 3.43. The van der Waals surface area contributed by atoms with E-state index >= 15 is 0 Å². The zero-order valence-electron chi connectivity index (χ0n) is 7.14. The molecular weight excluding hydrogens is 180 g/mol. The summed E-state index contributed by atoms with van der Waals surface area (Å²) >= 11 is 0. The van der Waals surface area contributed by atoms with Crippen LogP contribution in [-0.2, 0) is 0 Å². The molecule has 76 valence electrons. The Morgan fingerprint density at radius 1 is 1.50 bits per heavy atom. The summed E-state index contributed by atoms with van der Waals surface area (Å²) < 4.78 is 0. The van der Waals surface area contributed by atoms with Crippen molar-refractivity contribution < 1.29 is 4.79 Å². The van der Waals surface area contributed by atoms with E-state index in [1.54, 1.807) is 18.3 Å². The van der Waals surface area contributed by atoms with Crippen molar-refractivity contribution in [3.63, 3.8) is 0 Å². The first-order valence-corrected chi connectivity index (χ1v) is 4.07. The van der Waals surface area contributed by atoms with E-state index in [4.69, 9.17) is 0 Å². The molecule has 0 aromatic carbocycles. The van der Waals surface area contributed by atoms with Gasteiger partial charge in [0, 0.05) is 24.4 Å². The van der Waals surface area contributed by atoms with Gasteiger partial charge >= 0.3 is 0 Å². The third-order valence-corrected chi connectivity index (χ3v) is 1.64. The third-order valence-electron chi connectivity index (χ3n) is 1.64. The molecule has 0 saturated carbocycles. The van der Waals surface area contributed by atoms with Crippen molar-refractivity contribution in [3.05, 3.63) is 35.0 Å². The Labute approximate surface area is 83.3 Å². The van der Waals surface area contributed by atoms with Crippen LogP contribution in [0.3, 0.4) is 0 Å². The van der Waals surface area contributed by atoms with Gasteiger partial charge in [-0.15, -0.1) is 0 Å². The lowest BCUT2D eigenvalue weighted by molar-refractivity contribution is 0.0980. The molecule has 1 rings (SSSR count). The number of carbonyl (C=O) groups excluding carboxylic acids is 1. The molecule has 1 aromatic rings. The van der Waals surface area contributed by atoms with Crippen LogP contribution < -0.4 is 0 Å². The van der Waals surface area contributed by atoms with Crippen molar-refractivity contribution in [2.24, 2.45) is 5.18 Å². The zero-order valence-corrected chi connectivity index (χ0v) is 7.14. The predicted molar refractivity (Wildman–Crippen MR) is 55.2 cm³/mol. The summed E-state index contributed by atoms with van der Waals surface area (Å²) in [5.41, 5.74) is 0.591. The van der Waals surface area contributed by atoms with Crippen LogP contribution in [0, 0.1) is 4.91 Å². The molecule has 4 nitrogen and oxygen atoms in total. The van der Waals surface area contributed by atoms with Crippen LogP contribution in [0.2, 0.25) is 0 Å². The number of nitrogens with zero attached hydrogens (tertiary/aromatic N) is 2. The average molecular weight is 194 g/mol. The average Bonchev–Trinajstić information content (AvgIpc) is 2.19. The van der Waals surface area contributed by atoms with E-state index in [1.807, 2.05) is 0 Å². The topological polar surface area (TPSA) is 59.4 Å². The number of Topliss-reactive ketones (excluding diaryl/α,β-unsaturated/α-hetero) is 1. The smallest absolute Gasteiger partial charge is 0.164 e. The summed E-state index contributed by atoms with van der Waals surface area (Å²) in [7, 11) is 0. The van der Waals surface area contributed by atoms with Gasteiger partial charge in [0.15, 0.2) is 5.78 Å². The Balaban J connectivity index is 0.00000169. The van der Waals surface area contributed by atoms with E-state index in [2.05, 4.69) is 10.2 Å². The minimum Gasteiger partial charge on any atom is -0.294 e. The van der Waals surface area contributed by atoms with E-state index in [9.17, 15) is 9.70 Å². The molecule has 0 aliphatic carbocycles. The van der Waals surface area contributed by atoms with Gasteiger partial charge in [-0.3, -0.25) is 9.78 Å². The van der Waals surface area contributed by atoms with Crippen LogP contribution in [0.25, 0.3) is 0 Å². The molecule has 1 aromatic heterocycles. The van der Waals surface area contributed by atoms with Crippen LogP contribution in [0.1, 0.15) is 30.6 Å². The summed E-state index contributed by atoms with van der Waals surface area (Å²) in [6.45, 7) is 0.200. The summed E-state index contributed by atoms with van der Waals surface area (Å²) in [5, 5.41) is 2.68. The van der Waals surface area contributed by atoms with Crippen LogP contribution in [0.5, 0.6) is 0 Å². The van der Waals surface area contributed by atoms with Crippen molar-refractivity contribution in [2.45, 2.75) is 20.3 Å². The minimum atomic E-state index is 0. The highest BCUT2D eigenvalue weighted by molar-refractivity contribution is 5.95. The first kappa shape index (κ1) is 12.4. The van der Waals surface area contributed by atoms with Crippen molar-refractivity contribution in [1.82, 2.24) is 4.98 Å². The maximum atomic E-state index is 11.3. The molecule has 0 radical (unpaired) electrons. The highest BCUT2D eigenvalue weighted by Crippen LogP contribution is 2.03. The van der Waals surface area contributed by atoms with Gasteiger partial charge in [-0.1, -0.05) is 12.6 Å². The van der Waals surface area contributed by atoms with Gasteiger partial charge in [0.25, 0.3) is 0 Å². The Kier molecular flexibility index (Phi) is 6.11. The summed E-state index contributed by atoms with van der Waals surface area (Å²) in [5.74, 6) is 0.0109. The van der Waals surface area contributed by atoms with Crippen molar-refractivity contribution in [3.8, 4) is 0 Å². The quantitative estimate of drug-likeness (QED) is 0.411. The second-order valence-corrected chi connectivity index (χ2v) is 2.62. The van der Waals surface area contributed by atoms with E-state index in [0.717, 1.165) is 0 Å². The van der Waals surface area contributed by atoms with Gasteiger partial charge in [0.2, 0.25) is 0 Å². The fourth-order valence-electron chi connectivity index (χ4n) is 0.976. The number of pyridine rings is 1. The number of hydrogen-bond acceptors (Lipinski definition) is 4. The number of rotatable bonds is 5. The fourth-order valence-corrected chi connectivity index (χ4v) is 0.976. The normalized spacial score (nSPS) is 8.86. The molecule has 0 saturated heterocycles. The molecular formula is C10H14N2O2. The highest BCUT2D eigenvalue weighted by atomic mass is 16.3. The van der Waals surface area contributed by atoms with E-state index in [-0.39, 0.29) is 19.8 Å².